The molecule has 0 N–H and O–H groups in total. The predicted molar refractivity (Wildman–Crippen MR) is 140 cm³/mol. The normalized spacial score (nSPS) is 10.5. The molecule has 3 aromatic carbocycles. The van der Waals surface area contributed by atoms with Crippen molar-refractivity contribution in [2.24, 2.45) is 0 Å². The van der Waals surface area contributed by atoms with Crippen molar-refractivity contribution in [3.63, 3.8) is 0 Å². The van der Waals surface area contributed by atoms with Crippen LogP contribution in [0, 0.1) is 6.42 Å². The Bertz CT molecular complexity index is 844. The third kappa shape index (κ3) is 13.5. The van der Waals surface area contributed by atoms with E-state index in [1.54, 1.807) is 0 Å². The van der Waals surface area contributed by atoms with Crippen molar-refractivity contribution < 1.29 is 30.9 Å². The Morgan fingerprint density at radius 1 is 0.529 bits per heavy atom. The number of rotatable bonds is 9. The molecule has 4 rings (SSSR count). The van der Waals surface area contributed by atoms with Gasteiger partial charge in [-0.15, -0.1) is 13.2 Å². The van der Waals surface area contributed by atoms with Crippen LogP contribution in [0.25, 0.3) is 0 Å². The largest absolute Gasteiger partial charge is 0.530 e. The van der Waals surface area contributed by atoms with E-state index in [0.717, 1.165) is 12.8 Å². The van der Waals surface area contributed by atoms with Gasteiger partial charge in [0, 0.05) is 23.8 Å². The molecule has 0 saturated carbocycles. The Hall–Kier alpha value is -3.02. The third-order valence-electron chi connectivity index (χ3n) is 3.90. The summed E-state index contributed by atoms with van der Waals surface area (Å²) in [5, 5.41) is 0. The molecule has 0 spiro atoms. The van der Waals surface area contributed by atoms with Crippen LogP contribution in [0.15, 0.2) is 141 Å². The Labute approximate surface area is 216 Å². The summed E-state index contributed by atoms with van der Waals surface area (Å²) in [6.07, 6.45) is 15.9. The van der Waals surface area contributed by atoms with Gasteiger partial charge in [-0.3, -0.25) is 0 Å². The summed E-state index contributed by atoms with van der Waals surface area (Å²) in [5.74, 6) is 2.13. The molecule has 0 saturated heterocycles. The minimum atomic E-state index is -1.59. The van der Waals surface area contributed by atoms with E-state index in [9.17, 15) is 0 Å². The number of hydrogen-bond acceptors (Lipinski definition) is 3. The zero-order chi connectivity index (χ0) is 23.4. The first-order valence-electron chi connectivity index (χ1n) is 10.7. The Kier molecular flexibility index (Phi) is 16.6. The molecule has 34 heavy (non-hydrogen) atoms. The van der Waals surface area contributed by atoms with Crippen molar-refractivity contribution in [1.82, 2.24) is 0 Å². The van der Waals surface area contributed by atoms with Crippen molar-refractivity contribution >= 4 is 8.60 Å². The van der Waals surface area contributed by atoms with Gasteiger partial charge in [-0.1, -0.05) is 91.1 Å². The molecule has 0 aromatic heterocycles. The minimum absolute atomic E-state index is 0. The number of hydrogen-bond donors (Lipinski definition) is 0. The molecular formula is C29H30CrO3P. The van der Waals surface area contributed by atoms with Crippen LogP contribution < -0.4 is 13.6 Å². The summed E-state index contributed by atoms with van der Waals surface area (Å²) < 4.78 is 17.5. The molecule has 0 bridgehead atoms. The van der Waals surface area contributed by atoms with Gasteiger partial charge in [0.25, 0.3) is 0 Å². The van der Waals surface area contributed by atoms with Crippen LogP contribution in [0.5, 0.6) is 17.2 Å². The summed E-state index contributed by atoms with van der Waals surface area (Å²) in [7, 11) is -1.59. The molecule has 0 aliphatic heterocycles. The van der Waals surface area contributed by atoms with Crippen LogP contribution in [0.1, 0.15) is 12.8 Å². The second kappa shape index (κ2) is 19.5. The quantitative estimate of drug-likeness (QED) is 0.164. The maximum atomic E-state index is 5.84. The SMILES string of the molecule is C=CCCC=C.[CH]1C=CC=C1.[Cr].c1ccc(OP(Oc2ccccc2)Oc2ccccc2)cc1. The molecule has 0 fully saturated rings. The molecule has 3 aromatic rings. The van der Waals surface area contributed by atoms with Crippen molar-refractivity contribution in [1.29, 1.82) is 0 Å². The fraction of sp³-hybridized carbons (Fsp3) is 0.0690. The van der Waals surface area contributed by atoms with Gasteiger partial charge in [0.1, 0.15) is 17.2 Å². The smallest absolute Gasteiger partial charge is 0.409 e. The monoisotopic (exact) mass is 509 g/mol. The van der Waals surface area contributed by atoms with Crippen molar-refractivity contribution in [3.8, 4) is 17.2 Å². The predicted octanol–water partition coefficient (Wildman–Crippen LogP) is 8.90. The fourth-order valence-electron chi connectivity index (χ4n) is 2.31. The van der Waals surface area contributed by atoms with E-state index in [1.165, 1.54) is 0 Å². The summed E-state index contributed by atoms with van der Waals surface area (Å²) in [4.78, 5) is 0. The molecule has 1 aliphatic rings. The summed E-state index contributed by atoms with van der Waals surface area (Å²) in [6.45, 7) is 7.10. The van der Waals surface area contributed by atoms with E-state index < -0.39 is 8.60 Å². The first-order chi connectivity index (χ1) is 16.3. The van der Waals surface area contributed by atoms with E-state index in [0.29, 0.717) is 17.2 Å². The fourth-order valence-corrected chi connectivity index (χ4v) is 3.31. The molecule has 1 aliphatic carbocycles. The number of allylic oxidation sites excluding steroid dienone is 6. The van der Waals surface area contributed by atoms with Crippen molar-refractivity contribution in [2.45, 2.75) is 12.8 Å². The van der Waals surface area contributed by atoms with Crippen LogP contribution in [-0.4, -0.2) is 0 Å². The van der Waals surface area contributed by atoms with Gasteiger partial charge in [-0.2, -0.15) is 0 Å². The Morgan fingerprint density at radius 2 is 0.853 bits per heavy atom. The third-order valence-corrected chi connectivity index (χ3v) is 4.98. The first-order valence-corrected chi connectivity index (χ1v) is 11.8. The molecule has 0 atom stereocenters. The van der Waals surface area contributed by atoms with Gasteiger partial charge in [-0.05, 0) is 49.2 Å². The van der Waals surface area contributed by atoms with E-state index in [2.05, 4.69) is 13.2 Å². The summed E-state index contributed by atoms with van der Waals surface area (Å²) in [5.41, 5.74) is 0. The number of unbranched alkanes of at least 4 members (excludes halogenated alkanes) is 1. The molecule has 5 heteroatoms. The van der Waals surface area contributed by atoms with Gasteiger partial charge in [0.15, 0.2) is 0 Å². The van der Waals surface area contributed by atoms with Crippen LogP contribution in [0.4, 0.5) is 0 Å². The minimum Gasteiger partial charge on any atom is -0.409 e. The van der Waals surface area contributed by atoms with Crippen LogP contribution in [0.2, 0.25) is 0 Å². The average molecular weight is 510 g/mol. The summed E-state index contributed by atoms with van der Waals surface area (Å²) in [6, 6.07) is 28.5. The topological polar surface area (TPSA) is 27.7 Å². The molecule has 3 nitrogen and oxygen atoms in total. The summed E-state index contributed by atoms with van der Waals surface area (Å²) >= 11 is 0. The van der Waals surface area contributed by atoms with Crippen molar-refractivity contribution in [3.05, 3.63) is 147 Å². The Balaban J connectivity index is 0.000000400. The van der Waals surface area contributed by atoms with Crippen LogP contribution >= 0.6 is 8.60 Å². The second-order valence-corrected chi connectivity index (χ2v) is 7.55. The average Bonchev–Trinajstić information content (AvgIpc) is 3.46. The molecule has 0 heterocycles. The van der Waals surface area contributed by atoms with Crippen LogP contribution in [0.3, 0.4) is 0 Å². The van der Waals surface area contributed by atoms with Gasteiger partial charge >= 0.3 is 8.60 Å². The maximum Gasteiger partial charge on any atom is 0.530 e. The van der Waals surface area contributed by atoms with Gasteiger partial charge in [0.2, 0.25) is 0 Å². The zero-order valence-electron chi connectivity index (χ0n) is 19.1. The zero-order valence-corrected chi connectivity index (χ0v) is 21.3. The van der Waals surface area contributed by atoms with Crippen molar-refractivity contribution in [2.75, 3.05) is 0 Å². The second-order valence-electron chi connectivity index (χ2n) is 6.55. The van der Waals surface area contributed by atoms with E-state index >= 15 is 0 Å². The van der Waals surface area contributed by atoms with E-state index in [1.807, 2.05) is 134 Å². The molecule has 175 valence electrons. The van der Waals surface area contributed by atoms with Gasteiger partial charge in [-0.25, -0.2) is 0 Å². The molecule has 0 amide bonds. The first kappa shape index (κ1) is 29.0. The van der Waals surface area contributed by atoms with Crippen LogP contribution in [-0.2, 0) is 17.4 Å². The Morgan fingerprint density at radius 3 is 1.09 bits per heavy atom. The van der Waals surface area contributed by atoms with Gasteiger partial charge in [0.05, 0.1) is 0 Å². The standard InChI is InChI=1S/C18H15O3P.C6H10.C5H5.Cr/c1-4-10-16(11-5-1)19-22(20-17-12-6-2-7-13-17)21-18-14-8-3-9-15-18;1-3-5-6-4-2;1-2-4-5-3-1;/h1-15H;3-4H,1-2,5-6H2;1-5H;. The molecular weight excluding hydrogens is 479 g/mol. The molecule has 0 unspecified atom stereocenters. The van der Waals surface area contributed by atoms with E-state index in [4.69, 9.17) is 13.6 Å². The number of benzene rings is 3. The molecule has 1 radical (unpaired) electrons. The number of para-hydroxylation sites is 3. The van der Waals surface area contributed by atoms with Gasteiger partial charge < -0.3 is 13.6 Å². The van der Waals surface area contributed by atoms with E-state index in [-0.39, 0.29) is 17.4 Å². The maximum absolute atomic E-state index is 5.84.